The van der Waals surface area contributed by atoms with Gasteiger partial charge in [0.15, 0.2) is 0 Å². The van der Waals surface area contributed by atoms with Crippen LogP contribution in [0.5, 0.6) is 0 Å². The first kappa shape index (κ1) is 25.0. The van der Waals surface area contributed by atoms with Gasteiger partial charge in [-0.25, -0.2) is 0 Å². The molecule has 0 fully saturated rings. The van der Waals surface area contributed by atoms with Crippen LogP contribution in [0.25, 0.3) is 0 Å². The average molecular weight is 514 g/mol. The van der Waals surface area contributed by atoms with Crippen molar-refractivity contribution in [2.24, 2.45) is 0 Å². The number of hydrogen-bond acceptors (Lipinski definition) is 4. The lowest BCUT2D eigenvalue weighted by Gasteiger charge is -2.16. The topological polar surface area (TPSA) is 78.5 Å². The van der Waals surface area contributed by atoms with Crippen LogP contribution in [-0.2, 0) is 22.3 Å². The van der Waals surface area contributed by atoms with E-state index in [-0.39, 0.29) is 28.5 Å². The first-order valence-electron chi connectivity index (χ1n) is 10.7. The van der Waals surface area contributed by atoms with Gasteiger partial charge in [0.1, 0.15) is 10.7 Å². The molecule has 0 aliphatic carbocycles. The predicted molar refractivity (Wildman–Crippen MR) is 129 cm³/mol. The number of rotatable bonds is 6. The van der Waals surface area contributed by atoms with Crippen LogP contribution >= 0.6 is 11.6 Å². The Morgan fingerprint density at radius 3 is 2.36 bits per heavy atom. The highest BCUT2D eigenvalue weighted by Gasteiger charge is 2.38. The molecule has 0 saturated heterocycles. The SMILES string of the molecule is Cc1ccc(C(=O)Nc2cccc(C(F)(F)F)c2)cc1NC1=C(Cl)C(=O)N(Cc2ccccc2)C1=O. The zero-order chi connectivity index (χ0) is 26.0. The van der Waals surface area contributed by atoms with Crippen LogP contribution in [0.15, 0.2) is 83.5 Å². The molecule has 2 N–H and O–H groups in total. The van der Waals surface area contributed by atoms with Gasteiger partial charge in [0.2, 0.25) is 0 Å². The van der Waals surface area contributed by atoms with Gasteiger partial charge < -0.3 is 10.6 Å². The molecular weight excluding hydrogens is 495 g/mol. The predicted octanol–water partition coefficient (Wildman–Crippen LogP) is 5.70. The smallest absolute Gasteiger partial charge is 0.349 e. The number of nitrogens with one attached hydrogen (secondary N) is 2. The van der Waals surface area contributed by atoms with Gasteiger partial charge in [0, 0.05) is 16.9 Å². The van der Waals surface area contributed by atoms with E-state index < -0.39 is 29.5 Å². The second kappa shape index (κ2) is 9.87. The number of alkyl halides is 3. The molecule has 0 radical (unpaired) electrons. The van der Waals surface area contributed by atoms with Crippen molar-refractivity contribution in [3.8, 4) is 0 Å². The Labute approximate surface area is 209 Å². The summed E-state index contributed by atoms with van der Waals surface area (Å²) in [6.45, 7) is 1.76. The van der Waals surface area contributed by atoms with E-state index in [4.69, 9.17) is 11.6 Å². The van der Waals surface area contributed by atoms with Gasteiger partial charge in [0.25, 0.3) is 17.7 Å². The molecule has 184 valence electrons. The Morgan fingerprint density at radius 2 is 1.67 bits per heavy atom. The van der Waals surface area contributed by atoms with Gasteiger partial charge in [-0.3, -0.25) is 19.3 Å². The summed E-state index contributed by atoms with van der Waals surface area (Å²) in [6, 6.07) is 17.7. The minimum absolute atomic E-state index is 0.0243. The molecule has 4 rings (SSSR count). The van der Waals surface area contributed by atoms with Crippen LogP contribution in [-0.4, -0.2) is 22.6 Å². The number of amides is 3. The van der Waals surface area contributed by atoms with Crippen molar-refractivity contribution >= 4 is 40.7 Å². The average Bonchev–Trinajstić information content (AvgIpc) is 3.04. The third-order valence-electron chi connectivity index (χ3n) is 5.50. The molecule has 3 aromatic rings. The molecule has 1 aliphatic heterocycles. The van der Waals surface area contributed by atoms with Crippen LogP contribution in [0.3, 0.4) is 0 Å². The molecule has 0 aromatic heterocycles. The lowest BCUT2D eigenvalue weighted by molar-refractivity contribution is -0.138. The van der Waals surface area contributed by atoms with Crippen molar-refractivity contribution in [1.82, 2.24) is 4.90 Å². The van der Waals surface area contributed by atoms with E-state index in [2.05, 4.69) is 10.6 Å². The highest BCUT2D eigenvalue weighted by Crippen LogP contribution is 2.31. The maximum atomic E-state index is 13.0. The summed E-state index contributed by atoms with van der Waals surface area (Å²) in [6.07, 6.45) is -4.55. The molecule has 0 unspecified atom stereocenters. The molecule has 6 nitrogen and oxygen atoms in total. The Hall–Kier alpha value is -4.11. The van der Waals surface area contributed by atoms with Crippen LogP contribution < -0.4 is 10.6 Å². The van der Waals surface area contributed by atoms with E-state index in [0.717, 1.165) is 22.6 Å². The second-order valence-corrected chi connectivity index (χ2v) is 8.44. The number of imide groups is 1. The van der Waals surface area contributed by atoms with Crippen molar-refractivity contribution in [1.29, 1.82) is 0 Å². The largest absolute Gasteiger partial charge is 0.416 e. The summed E-state index contributed by atoms with van der Waals surface area (Å²) in [5.74, 6) is -1.92. The summed E-state index contributed by atoms with van der Waals surface area (Å²) in [4.78, 5) is 39.3. The Balaban J connectivity index is 1.53. The minimum Gasteiger partial charge on any atom is -0.349 e. The van der Waals surface area contributed by atoms with E-state index in [0.29, 0.717) is 11.3 Å². The summed E-state index contributed by atoms with van der Waals surface area (Å²) in [5.41, 5.74) is 0.800. The fraction of sp³-hybridized carbons (Fsp3) is 0.115. The van der Waals surface area contributed by atoms with Crippen LogP contribution in [0.2, 0.25) is 0 Å². The number of carbonyl (C=O) groups is 3. The van der Waals surface area contributed by atoms with E-state index >= 15 is 0 Å². The van der Waals surface area contributed by atoms with Crippen LogP contribution in [0.4, 0.5) is 24.5 Å². The molecule has 0 atom stereocenters. The summed E-state index contributed by atoms with van der Waals surface area (Å²) < 4.78 is 38.9. The summed E-state index contributed by atoms with van der Waals surface area (Å²) in [5, 5.41) is 5.00. The molecule has 3 amide bonds. The second-order valence-electron chi connectivity index (χ2n) is 8.06. The van der Waals surface area contributed by atoms with Gasteiger partial charge in [-0.15, -0.1) is 0 Å². The fourth-order valence-corrected chi connectivity index (χ4v) is 3.80. The maximum Gasteiger partial charge on any atom is 0.416 e. The maximum absolute atomic E-state index is 13.0. The van der Waals surface area contributed by atoms with Crippen molar-refractivity contribution < 1.29 is 27.6 Å². The van der Waals surface area contributed by atoms with Crippen molar-refractivity contribution in [2.45, 2.75) is 19.6 Å². The number of benzene rings is 3. The number of nitrogens with zero attached hydrogens (tertiary/aromatic N) is 1. The Morgan fingerprint density at radius 1 is 0.944 bits per heavy atom. The zero-order valence-corrected chi connectivity index (χ0v) is 19.6. The Kier molecular flexibility index (Phi) is 6.85. The zero-order valence-electron chi connectivity index (χ0n) is 18.8. The highest BCUT2D eigenvalue weighted by molar-refractivity contribution is 6.48. The molecule has 0 spiro atoms. The molecule has 10 heteroatoms. The fourth-order valence-electron chi connectivity index (χ4n) is 3.57. The summed E-state index contributed by atoms with van der Waals surface area (Å²) >= 11 is 6.18. The number of anilines is 2. The van der Waals surface area contributed by atoms with Gasteiger partial charge in [0.05, 0.1) is 12.1 Å². The molecule has 1 aliphatic rings. The van der Waals surface area contributed by atoms with Gasteiger partial charge in [-0.1, -0.05) is 54.1 Å². The molecule has 0 bridgehead atoms. The summed E-state index contributed by atoms with van der Waals surface area (Å²) in [7, 11) is 0. The number of halogens is 4. The monoisotopic (exact) mass is 513 g/mol. The minimum atomic E-state index is -4.55. The molecule has 36 heavy (non-hydrogen) atoms. The number of hydrogen-bond donors (Lipinski definition) is 2. The van der Waals surface area contributed by atoms with Crippen LogP contribution in [0, 0.1) is 6.92 Å². The standard InChI is InChI=1S/C26H19ClF3N3O3/c1-15-10-11-17(23(34)31-19-9-5-8-18(13-19)26(28,29)30)12-20(15)32-22-21(27)24(35)33(25(22)36)14-16-6-3-2-4-7-16/h2-13,32H,14H2,1H3,(H,31,34). The quantitative estimate of drug-likeness (QED) is 0.415. The first-order valence-corrected chi connectivity index (χ1v) is 11.1. The third-order valence-corrected chi connectivity index (χ3v) is 5.85. The lowest BCUT2D eigenvalue weighted by atomic mass is 10.1. The first-order chi connectivity index (χ1) is 17.0. The van der Waals surface area contributed by atoms with Crippen molar-refractivity contribution in [3.05, 3.63) is 106 Å². The van der Waals surface area contributed by atoms with E-state index in [1.165, 1.54) is 24.3 Å². The van der Waals surface area contributed by atoms with Gasteiger partial charge in [-0.2, -0.15) is 13.2 Å². The third kappa shape index (κ3) is 5.26. The van der Waals surface area contributed by atoms with E-state index in [1.54, 1.807) is 37.3 Å². The molecular formula is C26H19ClF3N3O3. The highest BCUT2D eigenvalue weighted by atomic mass is 35.5. The van der Waals surface area contributed by atoms with Crippen LogP contribution in [0.1, 0.15) is 27.0 Å². The molecule has 1 heterocycles. The van der Waals surface area contributed by atoms with Crippen molar-refractivity contribution in [3.63, 3.8) is 0 Å². The normalized spacial score (nSPS) is 13.9. The lowest BCUT2D eigenvalue weighted by Crippen LogP contribution is -2.31. The molecule has 0 saturated carbocycles. The number of aryl methyl sites for hydroxylation is 1. The van der Waals surface area contributed by atoms with E-state index in [9.17, 15) is 27.6 Å². The number of carbonyl (C=O) groups excluding carboxylic acids is 3. The van der Waals surface area contributed by atoms with Crippen molar-refractivity contribution in [2.75, 3.05) is 10.6 Å². The molecule has 3 aromatic carbocycles. The van der Waals surface area contributed by atoms with Gasteiger partial charge >= 0.3 is 6.18 Å². The Bertz CT molecular complexity index is 1390. The van der Waals surface area contributed by atoms with E-state index in [1.807, 2.05) is 6.07 Å². The van der Waals surface area contributed by atoms with Gasteiger partial charge in [-0.05, 0) is 48.4 Å².